The van der Waals surface area contributed by atoms with Gasteiger partial charge in [0.05, 0.1) is 10.6 Å². The van der Waals surface area contributed by atoms with Gasteiger partial charge in [0.25, 0.3) is 0 Å². The number of nitrogens with one attached hydrogen (secondary N) is 2. The largest absolute Gasteiger partial charge is 0.417 e. The van der Waals surface area contributed by atoms with Gasteiger partial charge in [-0.25, -0.2) is 4.98 Å². The fraction of sp³-hybridized carbons (Fsp3) is 0.647. The molecule has 1 saturated heterocycles. The summed E-state index contributed by atoms with van der Waals surface area (Å²) < 4.78 is 38.2. The van der Waals surface area contributed by atoms with Crippen LogP contribution < -0.4 is 15.5 Å². The van der Waals surface area contributed by atoms with Crippen LogP contribution in [0.15, 0.2) is 17.3 Å². The Morgan fingerprint density at radius 3 is 2.70 bits per heavy atom. The van der Waals surface area contributed by atoms with E-state index in [1.165, 1.54) is 12.8 Å². The number of aliphatic imine (C=N–C) groups is 1. The van der Waals surface area contributed by atoms with Crippen molar-refractivity contribution >= 4 is 47.4 Å². The van der Waals surface area contributed by atoms with Crippen molar-refractivity contribution in [2.75, 3.05) is 31.1 Å². The second-order valence-corrected chi connectivity index (χ2v) is 7.17. The predicted octanol–water partition coefficient (Wildman–Crippen LogP) is 3.92. The summed E-state index contributed by atoms with van der Waals surface area (Å²) in [5.41, 5.74) is -0.832. The van der Waals surface area contributed by atoms with Crippen molar-refractivity contribution < 1.29 is 13.2 Å². The number of halogens is 5. The van der Waals surface area contributed by atoms with E-state index < -0.39 is 11.7 Å². The van der Waals surface area contributed by atoms with E-state index in [0.29, 0.717) is 24.8 Å². The highest BCUT2D eigenvalue weighted by atomic mass is 127. The minimum atomic E-state index is -4.44. The average molecular weight is 518 g/mol. The van der Waals surface area contributed by atoms with E-state index in [1.54, 1.807) is 0 Å². The van der Waals surface area contributed by atoms with Gasteiger partial charge >= 0.3 is 6.18 Å². The molecule has 1 aliphatic heterocycles. The molecule has 27 heavy (non-hydrogen) atoms. The molecule has 2 heterocycles. The van der Waals surface area contributed by atoms with Crippen LogP contribution in [0.3, 0.4) is 0 Å². The van der Waals surface area contributed by atoms with Crippen molar-refractivity contribution in [2.24, 2.45) is 10.9 Å². The third-order valence-electron chi connectivity index (χ3n) is 4.53. The standard InChI is InChI=1S/C17H23ClF3N5.HI/c1-2-22-16(24-8-11-3-4-11)25-13-5-6-26(10-13)15-14(18)7-12(9-23-15)17(19,20)21;/h7,9,11,13H,2-6,8,10H2,1H3,(H2,22,24,25);1H. The molecule has 1 unspecified atom stereocenters. The second-order valence-electron chi connectivity index (χ2n) is 6.77. The lowest BCUT2D eigenvalue weighted by molar-refractivity contribution is -0.137. The van der Waals surface area contributed by atoms with Crippen LogP contribution in [0.2, 0.25) is 5.02 Å². The van der Waals surface area contributed by atoms with Crippen LogP contribution in [0.5, 0.6) is 0 Å². The first-order valence-electron chi connectivity index (χ1n) is 8.89. The Balaban J connectivity index is 0.00000261. The Bertz CT molecular complexity index is 666. The average Bonchev–Trinajstić information content (AvgIpc) is 3.30. The molecule has 1 saturated carbocycles. The van der Waals surface area contributed by atoms with Crippen molar-refractivity contribution in [3.63, 3.8) is 0 Å². The predicted molar refractivity (Wildman–Crippen MR) is 112 cm³/mol. The molecule has 10 heteroatoms. The van der Waals surface area contributed by atoms with E-state index in [2.05, 4.69) is 20.6 Å². The Hall–Kier alpha value is -0.970. The highest BCUT2D eigenvalue weighted by molar-refractivity contribution is 14.0. The Morgan fingerprint density at radius 1 is 1.37 bits per heavy atom. The van der Waals surface area contributed by atoms with E-state index in [-0.39, 0.29) is 35.0 Å². The molecule has 0 radical (unpaired) electrons. The molecule has 5 nitrogen and oxygen atoms in total. The lowest BCUT2D eigenvalue weighted by Gasteiger charge is -2.21. The lowest BCUT2D eigenvalue weighted by atomic mass is 10.2. The monoisotopic (exact) mass is 517 g/mol. The zero-order chi connectivity index (χ0) is 18.7. The van der Waals surface area contributed by atoms with E-state index in [9.17, 15) is 13.2 Å². The molecule has 0 aromatic carbocycles. The molecule has 3 rings (SSSR count). The van der Waals surface area contributed by atoms with E-state index in [4.69, 9.17) is 11.6 Å². The van der Waals surface area contributed by atoms with Crippen LogP contribution in [0.1, 0.15) is 31.7 Å². The molecule has 2 fully saturated rings. The first-order chi connectivity index (χ1) is 12.4. The second kappa shape index (κ2) is 9.49. The maximum Gasteiger partial charge on any atom is 0.417 e. The van der Waals surface area contributed by atoms with Crippen molar-refractivity contribution in [1.82, 2.24) is 15.6 Å². The van der Waals surface area contributed by atoms with E-state index >= 15 is 0 Å². The maximum atomic E-state index is 12.7. The minimum absolute atomic E-state index is 0. The molecular formula is C17H24ClF3IN5. The number of hydrogen-bond donors (Lipinski definition) is 2. The zero-order valence-electron chi connectivity index (χ0n) is 15.0. The highest BCUT2D eigenvalue weighted by Crippen LogP contribution is 2.34. The summed E-state index contributed by atoms with van der Waals surface area (Å²) >= 11 is 6.05. The Morgan fingerprint density at radius 2 is 2.11 bits per heavy atom. The summed E-state index contributed by atoms with van der Waals surface area (Å²) in [6.07, 6.45) is -0.268. The molecular weight excluding hydrogens is 494 g/mol. The summed E-state index contributed by atoms with van der Waals surface area (Å²) in [7, 11) is 0. The van der Waals surface area contributed by atoms with Gasteiger partial charge in [0.15, 0.2) is 5.96 Å². The Kier molecular flexibility index (Phi) is 7.84. The molecule has 152 valence electrons. The quantitative estimate of drug-likeness (QED) is 0.353. The van der Waals surface area contributed by atoms with Gasteiger partial charge in [0.2, 0.25) is 0 Å². The van der Waals surface area contributed by atoms with Crippen molar-refractivity contribution in [3.05, 3.63) is 22.8 Å². The van der Waals surface area contributed by atoms with Crippen LogP contribution in [0.4, 0.5) is 19.0 Å². The normalized spacial score (nSPS) is 20.4. The van der Waals surface area contributed by atoms with Crippen LogP contribution >= 0.6 is 35.6 Å². The molecule has 2 aliphatic rings. The third-order valence-corrected chi connectivity index (χ3v) is 4.80. The molecule has 1 aromatic rings. The SMILES string of the molecule is CCNC(=NCC1CC1)NC1CCN(c2ncc(C(F)(F)F)cc2Cl)C1.I. The number of alkyl halides is 3. The number of hydrogen-bond acceptors (Lipinski definition) is 3. The molecule has 1 aliphatic carbocycles. The number of guanidine groups is 1. The van der Waals surface area contributed by atoms with Gasteiger partial charge in [0.1, 0.15) is 5.82 Å². The molecule has 1 aromatic heterocycles. The number of anilines is 1. The molecule has 0 amide bonds. The third kappa shape index (κ3) is 6.27. The van der Waals surface area contributed by atoms with Gasteiger partial charge in [-0.15, -0.1) is 24.0 Å². The van der Waals surface area contributed by atoms with Crippen LogP contribution in [-0.2, 0) is 6.18 Å². The van der Waals surface area contributed by atoms with Gasteiger partial charge in [-0.2, -0.15) is 13.2 Å². The van der Waals surface area contributed by atoms with Crippen LogP contribution in [-0.4, -0.2) is 43.2 Å². The van der Waals surface area contributed by atoms with Gasteiger partial charge in [-0.3, -0.25) is 4.99 Å². The topological polar surface area (TPSA) is 52.6 Å². The van der Waals surface area contributed by atoms with Gasteiger partial charge < -0.3 is 15.5 Å². The fourth-order valence-electron chi connectivity index (χ4n) is 2.92. The number of nitrogens with zero attached hydrogens (tertiary/aromatic N) is 3. The van der Waals surface area contributed by atoms with E-state index in [0.717, 1.165) is 37.7 Å². The summed E-state index contributed by atoms with van der Waals surface area (Å²) in [5.74, 6) is 1.89. The first-order valence-corrected chi connectivity index (χ1v) is 9.27. The number of pyridine rings is 1. The summed E-state index contributed by atoms with van der Waals surface area (Å²) in [5, 5.41) is 6.66. The number of aromatic nitrogens is 1. The van der Waals surface area contributed by atoms with Crippen molar-refractivity contribution in [2.45, 2.75) is 38.4 Å². The molecule has 2 N–H and O–H groups in total. The van der Waals surface area contributed by atoms with Gasteiger partial charge in [-0.1, -0.05) is 11.6 Å². The van der Waals surface area contributed by atoms with E-state index in [1.807, 2.05) is 11.8 Å². The van der Waals surface area contributed by atoms with Crippen LogP contribution in [0.25, 0.3) is 0 Å². The fourth-order valence-corrected chi connectivity index (χ4v) is 3.21. The Labute approximate surface area is 179 Å². The highest BCUT2D eigenvalue weighted by Gasteiger charge is 2.33. The van der Waals surface area contributed by atoms with Crippen molar-refractivity contribution in [3.8, 4) is 0 Å². The van der Waals surface area contributed by atoms with Crippen LogP contribution in [0, 0.1) is 5.92 Å². The van der Waals surface area contributed by atoms with Crippen molar-refractivity contribution in [1.29, 1.82) is 0 Å². The zero-order valence-corrected chi connectivity index (χ0v) is 18.1. The summed E-state index contributed by atoms with van der Waals surface area (Å²) in [4.78, 5) is 10.5. The molecule has 1 atom stereocenters. The first kappa shape index (κ1) is 22.3. The minimum Gasteiger partial charge on any atom is -0.357 e. The van der Waals surface area contributed by atoms with Gasteiger partial charge in [-0.05, 0) is 38.2 Å². The lowest BCUT2D eigenvalue weighted by Crippen LogP contribution is -2.44. The number of rotatable bonds is 5. The maximum absolute atomic E-state index is 12.7. The smallest absolute Gasteiger partial charge is 0.357 e. The van der Waals surface area contributed by atoms with Gasteiger partial charge in [0, 0.05) is 38.4 Å². The summed E-state index contributed by atoms with van der Waals surface area (Å²) in [6.45, 7) is 4.92. The summed E-state index contributed by atoms with van der Waals surface area (Å²) in [6, 6.07) is 1.08. The molecule has 0 bridgehead atoms. The molecule has 0 spiro atoms.